The quantitative estimate of drug-likeness (QED) is 0.715. The highest BCUT2D eigenvalue weighted by Crippen LogP contribution is 2.43. The van der Waals surface area contributed by atoms with Crippen LogP contribution in [0.25, 0.3) is 0 Å². The third-order valence-corrected chi connectivity index (χ3v) is 5.31. The molecule has 0 amide bonds. The van der Waals surface area contributed by atoms with Crippen LogP contribution in [0, 0.1) is 18.3 Å². The second-order valence-corrected chi connectivity index (χ2v) is 7.07. The molecule has 0 radical (unpaired) electrons. The Hall–Kier alpha value is -4.12. The second kappa shape index (κ2) is 6.74. The monoisotopic (exact) mass is 403 g/mol. The molecule has 1 aromatic carbocycles. The number of nitrogens with zero attached hydrogens (tertiary/aromatic N) is 2. The maximum Gasteiger partial charge on any atom is 0.259 e. The number of nitriles is 1. The van der Waals surface area contributed by atoms with Crippen LogP contribution in [-0.4, -0.2) is 11.4 Å². The summed E-state index contributed by atoms with van der Waals surface area (Å²) >= 11 is 0. The first-order chi connectivity index (χ1) is 14.6. The predicted molar refractivity (Wildman–Crippen MR) is 105 cm³/mol. The first-order valence-corrected chi connectivity index (χ1v) is 9.30. The minimum absolute atomic E-state index is 0.0183. The number of fused-ring (bicyclic) bond motifs is 2. The molecule has 0 bridgehead atoms. The molecule has 5 rings (SSSR count). The number of benzene rings is 1. The minimum atomic E-state index is -0.691. The summed E-state index contributed by atoms with van der Waals surface area (Å²) in [5.74, 6) is 1.44. The normalized spacial score (nSPS) is 16.7. The summed E-state index contributed by atoms with van der Waals surface area (Å²) in [7, 11) is 0. The van der Waals surface area contributed by atoms with E-state index in [2.05, 4.69) is 6.07 Å². The van der Waals surface area contributed by atoms with E-state index in [1.807, 2.05) is 6.92 Å². The van der Waals surface area contributed by atoms with Gasteiger partial charge in [0.15, 0.2) is 11.5 Å². The van der Waals surface area contributed by atoms with Crippen molar-refractivity contribution in [1.29, 1.82) is 5.26 Å². The van der Waals surface area contributed by atoms with E-state index in [0.29, 0.717) is 39.8 Å². The Labute approximate surface area is 171 Å². The van der Waals surface area contributed by atoms with Gasteiger partial charge in [-0.2, -0.15) is 5.26 Å². The Bertz CT molecular complexity index is 1280. The molecule has 4 heterocycles. The van der Waals surface area contributed by atoms with Crippen molar-refractivity contribution < 1.29 is 18.6 Å². The summed E-state index contributed by atoms with van der Waals surface area (Å²) in [4.78, 5) is 13.6. The highest BCUT2D eigenvalue weighted by molar-refractivity contribution is 5.57. The second-order valence-electron chi connectivity index (χ2n) is 7.07. The van der Waals surface area contributed by atoms with Gasteiger partial charge < -0.3 is 28.9 Å². The van der Waals surface area contributed by atoms with Crippen LogP contribution >= 0.6 is 0 Å². The molecule has 0 unspecified atom stereocenters. The molecule has 0 saturated heterocycles. The number of nitrogens with two attached hydrogens (primary N) is 1. The number of hydrogen-bond donors (Lipinski definition) is 1. The average Bonchev–Trinajstić information content (AvgIpc) is 3.41. The summed E-state index contributed by atoms with van der Waals surface area (Å²) in [5, 5.41) is 9.79. The lowest BCUT2D eigenvalue weighted by Gasteiger charge is -2.27. The van der Waals surface area contributed by atoms with Crippen LogP contribution in [0.1, 0.15) is 28.5 Å². The van der Waals surface area contributed by atoms with Gasteiger partial charge in [0.05, 0.1) is 24.3 Å². The standard InChI is InChI=1S/C22H17N3O5/c1-12-7-18-20(22(26)25(12)10-14-3-2-6-27-14)19(15(9-23)21(24)30-18)13-4-5-16-17(8-13)29-11-28-16/h2-8,19H,10-11,24H2,1H3/t19-/m0/s1. The lowest BCUT2D eigenvalue weighted by molar-refractivity contribution is 0.174. The predicted octanol–water partition coefficient (Wildman–Crippen LogP) is 2.74. The van der Waals surface area contributed by atoms with Crippen molar-refractivity contribution in [3.8, 4) is 23.3 Å². The number of ether oxygens (including phenoxy) is 3. The summed E-state index contributed by atoms with van der Waals surface area (Å²) < 4.78 is 23.5. The fraction of sp³-hybridized carbons (Fsp3) is 0.182. The number of rotatable bonds is 3. The molecule has 8 heteroatoms. The van der Waals surface area contributed by atoms with Gasteiger partial charge in [-0.1, -0.05) is 6.07 Å². The van der Waals surface area contributed by atoms with E-state index in [1.165, 1.54) is 0 Å². The van der Waals surface area contributed by atoms with Gasteiger partial charge in [0.2, 0.25) is 12.7 Å². The van der Waals surface area contributed by atoms with E-state index in [9.17, 15) is 10.1 Å². The van der Waals surface area contributed by atoms with E-state index in [4.69, 9.17) is 24.4 Å². The van der Waals surface area contributed by atoms with Crippen LogP contribution in [0.3, 0.4) is 0 Å². The van der Waals surface area contributed by atoms with Gasteiger partial charge in [-0.25, -0.2) is 0 Å². The number of pyridine rings is 1. The third kappa shape index (κ3) is 2.71. The number of furan rings is 1. The van der Waals surface area contributed by atoms with E-state index in [0.717, 1.165) is 0 Å². The number of aromatic nitrogens is 1. The van der Waals surface area contributed by atoms with Crippen molar-refractivity contribution in [2.75, 3.05) is 6.79 Å². The van der Waals surface area contributed by atoms with Gasteiger partial charge in [0.1, 0.15) is 23.2 Å². The molecular weight excluding hydrogens is 386 g/mol. The number of allylic oxidation sites excluding steroid dienone is 1. The van der Waals surface area contributed by atoms with Crippen LogP contribution in [0.5, 0.6) is 17.2 Å². The number of hydrogen-bond acceptors (Lipinski definition) is 7. The van der Waals surface area contributed by atoms with Crippen molar-refractivity contribution >= 4 is 0 Å². The van der Waals surface area contributed by atoms with Crippen LogP contribution in [-0.2, 0) is 6.54 Å². The van der Waals surface area contributed by atoms with Crippen LogP contribution in [0.2, 0.25) is 0 Å². The summed E-state index contributed by atoms with van der Waals surface area (Å²) in [5.41, 5.74) is 7.67. The van der Waals surface area contributed by atoms with Gasteiger partial charge in [0.25, 0.3) is 5.56 Å². The molecule has 0 aliphatic carbocycles. The molecule has 2 aliphatic heterocycles. The first-order valence-electron chi connectivity index (χ1n) is 9.30. The van der Waals surface area contributed by atoms with E-state index < -0.39 is 5.92 Å². The summed E-state index contributed by atoms with van der Waals surface area (Å²) in [6.45, 7) is 2.20. The molecule has 0 fully saturated rings. The Balaban J connectivity index is 1.71. The van der Waals surface area contributed by atoms with E-state index in [-0.39, 0.29) is 30.4 Å². The highest BCUT2D eigenvalue weighted by Gasteiger charge is 2.35. The fourth-order valence-electron chi connectivity index (χ4n) is 3.87. The molecule has 0 spiro atoms. The van der Waals surface area contributed by atoms with Gasteiger partial charge in [-0.15, -0.1) is 0 Å². The zero-order valence-corrected chi connectivity index (χ0v) is 16.0. The van der Waals surface area contributed by atoms with Crippen molar-refractivity contribution in [1.82, 2.24) is 4.57 Å². The van der Waals surface area contributed by atoms with Crippen LogP contribution in [0.4, 0.5) is 0 Å². The van der Waals surface area contributed by atoms with Gasteiger partial charge in [-0.05, 0) is 36.8 Å². The average molecular weight is 403 g/mol. The Kier molecular flexibility index (Phi) is 4.03. The lowest BCUT2D eigenvalue weighted by atomic mass is 9.84. The van der Waals surface area contributed by atoms with Crippen LogP contribution < -0.4 is 25.5 Å². The Morgan fingerprint density at radius 2 is 2.03 bits per heavy atom. The van der Waals surface area contributed by atoms with Crippen LogP contribution in [0.15, 0.2) is 63.3 Å². The lowest BCUT2D eigenvalue weighted by Crippen LogP contribution is -2.33. The largest absolute Gasteiger partial charge is 0.467 e. The molecular formula is C22H17N3O5. The van der Waals surface area contributed by atoms with Crippen molar-refractivity contribution in [3.05, 3.63) is 87.1 Å². The molecule has 0 saturated carbocycles. The van der Waals surface area contributed by atoms with Crippen molar-refractivity contribution in [2.45, 2.75) is 19.4 Å². The minimum Gasteiger partial charge on any atom is -0.467 e. The molecule has 150 valence electrons. The van der Waals surface area contributed by atoms with Gasteiger partial charge >= 0.3 is 0 Å². The topological polar surface area (TPSA) is 113 Å². The summed E-state index contributed by atoms with van der Waals surface area (Å²) in [6.07, 6.45) is 1.56. The summed E-state index contributed by atoms with van der Waals surface area (Å²) in [6, 6.07) is 12.8. The van der Waals surface area contributed by atoms with Crippen molar-refractivity contribution in [3.63, 3.8) is 0 Å². The van der Waals surface area contributed by atoms with Gasteiger partial charge in [-0.3, -0.25) is 4.79 Å². The Morgan fingerprint density at radius 3 is 2.80 bits per heavy atom. The maximum absolute atomic E-state index is 13.6. The smallest absolute Gasteiger partial charge is 0.259 e. The van der Waals surface area contributed by atoms with Crippen molar-refractivity contribution in [2.24, 2.45) is 5.73 Å². The zero-order chi connectivity index (χ0) is 20.8. The molecule has 3 aromatic rings. The molecule has 30 heavy (non-hydrogen) atoms. The zero-order valence-electron chi connectivity index (χ0n) is 16.0. The molecule has 2 aliphatic rings. The molecule has 2 aromatic heterocycles. The maximum atomic E-state index is 13.6. The highest BCUT2D eigenvalue weighted by atomic mass is 16.7. The van der Waals surface area contributed by atoms with Gasteiger partial charge in [0, 0.05) is 11.8 Å². The fourth-order valence-corrected chi connectivity index (χ4v) is 3.87. The Morgan fingerprint density at radius 1 is 1.20 bits per heavy atom. The number of aryl methyl sites for hydroxylation is 1. The third-order valence-electron chi connectivity index (χ3n) is 5.31. The SMILES string of the molecule is Cc1cc2c(c(=O)n1Cc1ccco1)[C@@H](c1ccc3c(c1)OCO3)C(C#N)=C(N)O2. The molecule has 1 atom stereocenters. The first kappa shape index (κ1) is 17.9. The molecule has 2 N–H and O–H groups in total. The molecule has 8 nitrogen and oxygen atoms in total. The van der Waals surface area contributed by atoms with E-state index >= 15 is 0 Å². The van der Waals surface area contributed by atoms with E-state index in [1.54, 1.807) is 47.2 Å².